The molecule has 1 aliphatic carbocycles. The number of methoxy groups -OCH3 is 1. The molecule has 0 saturated heterocycles. The number of hydrogen-bond acceptors (Lipinski definition) is 3. The number of carbonyl (C=O) groups is 1. The van der Waals surface area contributed by atoms with E-state index in [0.717, 1.165) is 29.0 Å². The number of rotatable bonds is 7. The normalized spacial score (nSPS) is 18.5. The molecule has 0 aromatic heterocycles. The van der Waals surface area contributed by atoms with Crippen molar-refractivity contribution in [1.82, 2.24) is 5.32 Å². The van der Waals surface area contributed by atoms with Gasteiger partial charge in [0.05, 0.1) is 13.7 Å². The van der Waals surface area contributed by atoms with Crippen LogP contribution in [0.5, 0.6) is 5.75 Å². The number of ether oxygens (including phenoxy) is 2. The zero-order valence-corrected chi connectivity index (χ0v) is 14.6. The molecule has 2 atom stereocenters. The van der Waals surface area contributed by atoms with Crippen LogP contribution >= 0.6 is 0 Å². The van der Waals surface area contributed by atoms with Gasteiger partial charge in [-0.25, -0.2) is 4.79 Å². The molecule has 132 valence electrons. The molecule has 2 N–H and O–H groups in total. The van der Waals surface area contributed by atoms with Crippen LogP contribution in [0.2, 0.25) is 0 Å². The molecule has 2 amide bonds. The number of para-hydroxylation sites is 2. The molecule has 0 bridgehead atoms. The Morgan fingerprint density at radius 2 is 1.92 bits per heavy atom. The third kappa shape index (κ3) is 4.31. The number of amides is 2. The molecule has 0 aliphatic heterocycles. The van der Waals surface area contributed by atoms with Crippen LogP contribution in [0, 0.1) is 0 Å². The molecule has 1 saturated carbocycles. The Balaban J connectivity index is 1.58. The van der Waals surface area contributed by atoms with E-state index in [1.165, 1.54) is 0 Å². The standard InChI is InChI=1S/C20H24N2O3/c1-3-25-13-14-8-4-6-10-17(14)21-20(23)22-18-12-16(18)15-9-5-7-11-19(15)24-2/h4-11,16,18H,3,12-13H2,1-2H3,(H2,21,22,23)/t16-,18+/m1/s1. The SMILES string of the molecule is CCOCc1ccccc1NC(=O)N[C@H]1C[C@@H]1c1ccccc1OC. The Kier molecular flexibility index (Phi) is 5.56. The van der Waals surface area contributed by atoms with Crippen molar-refractivity contribution in [1.29, 1.82) is 0 Å². The average molecular weight is 340 g/mol. The van der Waals surface area contributed by atoms with E-state index in [0.29, 0.717) is 19.1 Å². The van der Waals surface area contributed by atoms with Crippen molar-refractivity contribution in [2.24, 2.45) is 0 Å². The number of benzene rings is 2. The van der Waals surface area contributed by atoms with E-state index in [1.807, 2.05) is 49.4 Å². The van der Waals surface area contributed by atoms with Crippen molar-refractivity contribution in [2.75, 3.05) is 19.0 Å². The third-order valence-corrected chi connectivity index (χ3v) is 4.37. The largest absolute Gasteiger partial charge is 0.496 e. The maximum atomic E-state index is 12.3. The zero-order valence-electron chi connectivity index (χ0n) is 14.6. The fourth-order valence-corrected chi connectivity index (χ4v) is 2.98. The van der Waals surface area contributed by atoms with Crippen molar-refractivity contribution >= 4 is 11.7 Å². The van der Waals surface area contributed by atoms with Gasteiger partial charge in [-0.15, -0.1) is 0 Å². The maximum Gasteiger partial charge on any atom is 0.319 e. The molecule has 0 spiro atoms. The molecule has 5 nitrogen and oxygen atoms in total. The number of carbonyl (C=O) groups excluding carboxylic acids is 1. The minimum Gasteiger partial charge on any atom is -0.496 e. The summed E-state index contributed by atoms with van der Waals surface area (Å²) >= 11 is 0. The van der Waals surface area contributed by atoms with Gasteiger partial charge in [-0.3, -0.25) is 0 Å². The Morgan fingerprint density at radius 3 is 2.72 bits per heavy atom. The van der Waals surface area contributed by atoms with Gasteiger partial charge in [0.2, 0.25) is 0 Å². The lowest BCUT2D eigenvalue weighted by Crippen LogP contribution is -2.31. The van der Waals surface area contributed by atoms with Crippen molar-refractivity contribution in [2.45, 2.75) is 31.9 Å². The van der Waals surface area contributed by atoms with E-state index in [-0.39, 0.29) is 12.1 Å². The van der Waals surface area contributed by atoms with Crippen LogP contribution < -0.4 is 15.4 Å². The average Bonchev–Trinajstić information content (AvgIpc) is 3.39. The van der Waals surface area contributed by atoms with Gasteiger partial charge < -0.3 is 20.1 Å². The smallest absolute Gasteiger partial charge is 0.319 e. The molecule has 1 aliphatic rings. The van der Waals surface area contributed by atoms with E-state index in [4.69, 9.17) is 9.47 Å². The molecule has 2 aromatic carbocycles. The lowest BCUT2D eigenvalue weighted by atomic mass is 10.1. The van der Waals surface area contributed by atoms with Crippen LogP contribution in [0.3, 0.4) is 0 Å². The van der Waals surface area contributed by atoms with Crippen molar-refractivity contribution in [3.63, 3.8) is 0 Å². The Labute approximate surface area is 148 Å². The first kappa shape index (κ1) is 17.3. The highest BCUT2D eigenvalue weighted by atomic mass is 16.5. The highest BCUT2D eigenvalue weighted by molar-refractivity contribution is 5.90. The molecule has 1 fully saturated rings. The Hall–Kier alpha value is -2.53. The first-order chi connectivity index (χ1) is 12.2. The van der Waals surface area contributed by atoms with Gasteiger partial charge >= 0.3 is 6.03 Å². The summed E-state index contributed by atoms with van der Waals surface area (Å²) in [6.45, 7) is 3.08. The second-order valence-electron chi connectivity index (χ2n) is 6.08. The van der Waals surface area contributed by atoms with Crippen LogP contribution in [0.15, 0.2) is 48.5 Å². The van der Waals surface area contributed by atoms with Gasteiger partial charge in [0.1, 0.15) is 5.75 Å². The zero-order chi connectivity index (χ0) is 17.6. The lowest BCUT2D eigenvalue weighted by Gasteiger charge is -2.12. The van der Waals surface area contributed by atoms with Crippen LogP contribution in [0.25, 0.3) is 0 Å². The first-order valence-corrected chi connectivity index (χ1v) is 8.59. The van der Waals surface area contributed by atoms with Crippen LogP contribution in [-0.4, -0.2) is 25.8 Å². The maximum absolute atomic E-state index is 12.3. The fraction of sp³-hybridized carbons (Fsp3) is 0.350. The summed E-state index contributed by atoms with van der Waals surface area (Å²) in [6.07, 6.45) is 0.925. The minimum absolute atomic E-state index is 0.135. The number of anilines is 1. The van der Waals surface area contributed by atoms with Crippen molar-refractivity contribution in [3.8, 4) is 5.75 Å². The molecular weight excluding hydrogens is 316 g/mol. The highest BCUT2D eigenvalue weighted by Gasteiger charge is 2.41. The van der Waals surface area contributed by atoms with Crippen LogP contribution in [0.1, 0.15) is 30.4 Å². The van der Waals surface area contributed by atoms with E-state index >= 15 is 0 Å². The summed E-state index contributed by atoms with van der Waals surface area (Å²) in [5.41, 5.74) is 2.89. The number of nitrogens with one attached hydrogen (secondary N) is 2. The molecule has 25 heavy (non-hydrogen) atoms. The van der Waals surface area contributed by atoms with E-state index in [2.05, 4.69) is 16.7 Å². The molecule has 0 radical (unpaired) electrons. The van der Waals surface area contributed by atoms with Crippen LogP contribution in [-0.2, 0) is 11.3 Å². The monoisotopic (exact) mass is 340 g/mol. The molecule has 5 heteroatoms. The molecule has 3 rings (SSSR count). The molecule has 0 unspecified atom stereocenters. The summed E-state index contributed by atoms with van der Waals surface area (Å²) in [6, 6.07) is 15.6. The third-order valence-electron chi connectivity index (χ3n) is 4.37. The predicted molar refractivity (Wildman–Crippen MR) is 98.1 cm³/mol. The molecule has 2 aromatic rings. The van der Waals surface area contributed by atoms with Gasteiger partial charge in [0.15, 0.2) is 0 Å². The quantitative estimate of drug-likeness (QED) is 0.803. The topological polar surface area (TPSA) is 59.6 Å². The van der Waals surface area contributed by atoms with Gasteiger partial charge in [-0.1, -0.05) is 36.4 Å². The van der Waals surface area contributed by atoms with Crippen molar-refractivity contribution < 1.29 is 14.3 Å². The Morgan fingerprint density at radius 1 is 1.16 bits per heavy atom. The summed E-state index contributed by atoms with van der Waals surface area (Å²) < 4.78 is 10.9. The summed E-state index contributed by atoms with van der Waals surface area (Å²) in [7, 11) is 1.67. The summed E-state index contributed by atoms with van der Waals surface area (Å²) in [5.74, 6) is 1.18. The second-order valence-corrected chi connectivity index (χ2v) is 6.08. The van der Waals surface area contributed by atoms with Crippen molar-refractivity contribution in [3.05, 3.63) is 59.7 Å². The molecule has 0 heterocycles. The first-order valence-electron chi connectivity index (χ1n) is 8.59. The van der Waals surface area contributed by atoms with Gasteiger partial charge in [0.25, 0.3) is 0 Å². The highest BCUT2D eigenvalue weighted by Crippen LogP contribution is 2.44. The van der Waals surface area contributed by atoms with Crippen LogP contribution in [0.4, 0.5) is 10.5 Å². The Bertz CT molecular complexity index is 732. The number of urea groups is 1. The predicted octanol–water partition coefficient (Wildman–Crippen LogP) is 3.91. The lowest BCUT2D eigenvalue weighted by molar-refractivity contribution is 0.134. The van der Waals surface area contributed by atoms with Gasteiger partial charge in [0, 0.05) is 29.8 Å². The van der Waals surface area contributed by atoms with E-state index < -0.39 is 0 Å². The molecular formula is C20H24N2O3. The minimum atomic E-state index is -0.189. The fourth-order valence-electron chi connectivity index (χ4n) is 2.98. The second kappa shape index (κ2) is 8.03. The summed E-state index contributed by atoms with van der Waals surface area (Å²) in [5, 5.41) is 5.97. The van der Waals surface area contributed by atoms with E-state index in [1.54, 1.807) is 7.11 Å². The number of hydrogen-bond donors (Lipinski definition) is 2. The summed E-state index contributed by atoms with van der Waals surface area (Å²) in [4.78, 5) is 12.3. The van der Waals surface area contributed by atoms with E-state index in [9.17, 15) is 4.79 Å². The van der Waals surface area contributed by atoms with Gasteiger partial charge in [-0.2, -0.15) is 0 Å². The van der Waals surface area contributed by atoms with Gasteiger partial charge in [-0.05, 0) is 31.0 Å².